The first-order chi connectivity index (χ1) is 16.5. The summed E-state index contributed by atoms with van der Waals surface area (Å²) in [5.74, 6) is 0.527. The van der Waals surface area contributed by atoms with E-state index in [9.17, 15) is 9.59 Å². The molecule has 3 aromatic rings. The Hall–Kier alpha value is -2.78. The fourth-order valence-corrected chi connectivity index (χ4v) is 5.21. The van der Waals surface area contributed by atoms with Crippen molar-refractivity contribution in [1.82, 2.24) is 24.8 Å². The van der Waals surface area contributed by atoms with Gasteiger partial charge in [0.1, 0.15) is 5.52 Å². The van der Waals surface area contributed by atoms with Crippen molar-refractivity contribution < 1.29 is 4.79 Å². The number of rotatable bonds is 9. The zero-order valence-electron chi connectivity index (χ0n) is 20.2. The Bertz CT molecular complexity index is 1150. The predicted molar refractivity (Wildman–Crippen MR) is 137 cm³/mol. The molecular formula is C25H34N6O2S. The number of fused-ring (bicyclic) bond motifs is 1. The average molecular weight is 483 g/mol. The third-order valence-corrected chi connectivity index (χ3v) is 7.68. The van der Waals surface area contributed by atoms with E-state index in [2.05, 4.69) is 51.5 Å². The van der Waals surface area contributed by atoms with Crippen molar-refractivity contribution in [2.45, 2.75) is 45.7 Å². The van der Waals surface area contributed by atoms with Gasteiger partial charge in [0.2, 0.25) is 5.91 Å². The number of pyridine rings is 1. The van der Waals surface area contributed by atoms with Crippen LogP contribution in [0.2, 0.25) is 0 Å². The molecule has 4 heterocycles. The van der Waals surface area contributed by atoms with Crippen molar-refractivity contribution in [3.8, 4) is 0 Å². The number of thiophene rings is 1. The van der Waals surface area contributed by atoms with Gasteiger partial charge in [0, 0.05) is 62.8 Å². The average Bonchev–Trinajstić information content (AvgIpc) is 3.38. The summed E-state index contributed by atoms with van der Waals surface area (Å²) in [4.78, 5) is 40.3. The van der Waals surface area contributed by atoms with Crippen LogP contribution < -0.4 is 15.8 Å². The van der Waals surface area contributed by atoms with E-state index in [0.29, 0.717) is 55.5 Å². The second-order valence-electron chi connectivity index (χ2n) is 9.01. The molecule has 34 heavy (non-hydrogen) atoms. The molecule has 0 aliphatic carbocycles. The summed E-state index contributed by atoms with van der Waals surface area (Å²) in [6, 6.07) is 8.41. The van der Waals surface area contributed by atoms with Crippen molar-refractivity contribution in [2.75, 3.05) is 31.1 Å². The zero-order chi connectivity index (χ0) is 24.1. The highest BCUT2D eigenvalue weighted by molar-refractivity contribution is 7.09. The standard InChI is InChI=1S/C25H34N6O2S/c1-4-18(2)31(17-20-7-6-16-34-20)15-12-27-24(32)19-9-13-30(14-10-19)23-25(33)29(3)22-21(28-23)8-5-11-26-22/h5-8,11,16,18-19H,4,9-10,12-15,17H2,1-3H3,(H,27,32). The lowest BCUT2D eigenvalue weighted by Crippen LogP contribution is -2.45. The van der Waals surface area contributed by atoms with Crippen molar-refractivity contribution in [3.63, 3.8) is 0 Å². The van der Waals surface area contributed by atoms with E-state index in [0.717, 1.165) is 19.5 Å². The van der Waals surface area contributed by atoms with Crippen LogP contribution in [-0.4, -0.2) is 57.6 Å². The Morgan fingerprint density at radius 1 is 1.29 bits per heavy atom. The van der Waals surface area contributed by atoms with Crippen LogP contribution in [0.1, 0.15) is 38.0 Å². The predicted octanol–water partition coefficient (Wildman–Crippen LogP) is 3.02. The molecule has 4 rings (SSSR count). The van der Waals surface area contributed by atoms with Crippen molar-refractivity contribution >= 4 is 34.2 Å². The van der Waals surface area contributed by atoms with Gasteiger partial charge in [-0.1, -0.05) is 13.0 Å². The molecule has 0 saturated carbocycles. The number of aryl methyl sites for hydroxylation is 1. The van der Waals surface area contributed by atoms with Gasteiger partial charge in [-0.05, 0) is 49.8 Å². The highest BCUT2D eigenvalue weighted by Gasteiger charge is 2.27. The van der Waals surface area contributed by atoms with Gasteiger partial charge in [-0.2, -0.15) is 0 Å². The molecule has 1 N–H and O–H groups in total. The molecule has 9 heteroatoms. The molecule has 1 atom stereocenters. The quantitative estimate of drug-likeness (QED) is 0.505. The number of piperidine rings is 1. The summed E-state index contributed by atoms with van der Waals surface area (Å²) in [7, 11) is 1.73. The fourth-order valence-electron chi connectivity index (χ4n) is 4.48. The third kappa shape index (κ3) is 5.47. The van der Waals surface area contributed by atoms with Crippen LogP contribution in [0.4, 0.5) is 5.82 Å². The van der Waals surface area contributed by atoms with Crippen LogP contribution in [-0.2, 0) is 18.4 Å². The highest BCUT2D eigenvalue weighted by Crippen LogP contribution is 2.21. The summed E-state index contributed by atoms with van der Waals surface area (Å²) in [5, 5.41) is 5.26. The molecule has 1 saturated heterocycles. The number of hydrogen-bond donors (Lipinski definition) is 1. The highest BCUT2D eigenvalue weighted by atomic mass is 32.1. The second-order valence-corrected chi connectivity index (χ2v) is 10.0. The zero-order valence-corrected chi connectivity index (χ0v) is 21.1. The van der Waals surface area contributed by atoms with Gasteiger partial charge in [-0.15, -0.1) is 11.3 Å². The Labute approximate surface area is 204 Å². The number of amides is 1. The van der Waals surface area contributed by atoms with Crippen LogP contribution >= 0.6 is 11.3 Å². The number of carbonyl (C=O) groups is 1. The SMILES string of the molecule is CCC(C)N(CCNC(=O)C1CCN(c2nc3cccnc3n(C)c2=O)CC1)Cc1cccs1. The number of carbonyl (C=O) groups excluding carboxylic acids is 1. The topological polar surface area (TPSA) is 83.4 Å². The summed E-state index contributed by atoms with van der Waals surface area (Å²) >= 11 is 1.78. The van der Waals surface area contributed by atoms with E-state index in [1.54, 1.807) is 29.1 Å². The Kier molecular flexibility index (Phi) is 7.95. The van der Waals surface area contributed by atoms with E-state index < -0.39 is 0 Å². The Balaban J connectivity index is 1.30. The van der Waals surface area contributed by atoms with Crippen molar-refractivity contribution in [3.05, 3.63) is 51.1 Å². The number of hydrogen-bond acceptors (Lipinski definition) is 7. The summed E-state index contributed by atoms with van der Waals surface area (Å²) in [6.45, 7) is 8.13. The molecule has 3 aromatic heterocycles. The van der Waals surface area contributed by atoms with E-state index in [1.807, 2.05) is 17.0 Å². The molecule has 1 aliphatic heterocycles. The van der Waals surface area contributed by atoms with E-state index in [-0.39, 0.29) is 17.4 Å². The maximum Gasteiger partial charge on any atom is 0.294 e. The molecule has 1 aliphatic rings. The van der Waals surface area contributed by atoms with E-state index in [4.69, 9.17) is 0 Å². The minimum atomic E-state index is -0.148. The Morgan fingerprint density at radius 2 is 2.09 bits per heavy atom. The first-order valence-corrected chi connectivity index (χ1v) is 13.0. The Morgan fingerprint density at radius 3 is 2.79 bits per heavy atom. The smallest absolute Gasteiger partial charge is 0.294 e. The molecule has 1 amide bonds. The molecule has 1 fully saturated rings. The first kappa shape index (κ1) is 24.3. The van der Waals surface area contributed by atoms with Crippen LogP contribution in [0, 0.1) is 5.92 Å². The van der Waals surface area contributed by atoms with Gasteiger partial charge < -0.3 is 10.2 Å². The number of nitrogens with zero attached hydrogens (tertiary/aromatic N) is 5. The minimum Gasteiger partial charge on any atom is -0.355 e. The molecule has 182 valence electrons. The van der Waals surface area contributed by atoms with Crippen LogP contribution in [0.5, 0.6) is 0 Å². The minimum absolute atomic E-state index is 0.0310. The van der Waals surface area contributed by atoms with E-state index in [1.165, 1.54) is 4.88 Å². The lowest BCUT2D eigenvalue weighted by molar-refractivity contribution is -0.125. The third-order valence-electron chi connectivity index (χ3n) is 6.82. The summed E-state index contributed by atoms with van der Waals surface area (Å²) in [6.07, 6.45) is 4.17. The molecule has 8 nitrogen and oxygen atoms in total. The van der Waals surface area contributed by atoms with Gasteiger partial charge in [-0.25, -0.2) is 9.97 Å². The monoisotopic (exact) mass is 482 g/mol. The van der Waals surface area contributed by atoms with Crippen molar-refractivity contribution in [2.24, 2.45) is 13.0 Å². The maximum atomic E-state index is 12.8. The molecule has 0 aromatic carbocycles. The molecule has 0 spiro atoms. The van der Waals surface area contributed by atoms with Crippen LogP contribution in [0.15, 0.2) is 40.6 Å². The van der Waals surface area contributed by atoms with Gasteiger partial charge in [0.25, 0.3) is 5.56 Å². The number of aromatic nitrogens is 3. The van der Waals surface area contributed by atoms with Gasteiger partial charge in [0.15, 0.2) is 11.5 Å². The molecular weight excluding hydrogens is 448 g/mol. The second kappa shape index (κ2) is 11.1. The van der Waals surface area contributed by atoms with E-state index >= 15 is 0 Å². The normalized spacial score (nSPS) is 15.7. The number of nitrogens with one attached hydrogen (secondary N) is 1. The van der Waals surface area contributed by atoms with Gasteiger partial charge in [-0.3, -0.25) is 19.1 Å². The van der Waals surface area contributed by atoms with Gasteiger partial charge >= 0.3 is 0 Å². The van der Waals surface area contributed by atoms with Crippen molar-refractivity contribution in [1.29, 1.82) is 0 Å². The molecule has 0 bridgehead atoms. The van der Waals surface area contributed by atoms with Crippen LogP contribution in [0.25, 0.3) is 11.2 Å². The van der Waals surface area contributed by atoms with Gasteiger partial charge in [0.05, 0.1) is 0 Å². The largest absolute Gasteiger partial charge is 0.355 e. The lowest BCUT2D eigenvalue weighted by Gasteiger charge is -2.32. The molecule has 1 unspecified atom stereocenters. The lowest BCUT2D eigenvalue weighted by atomic mass is 9.96. The fraction of sp³-hybridized carbons (Fsp3) is 0.520. The summed E-state index contributed by atoms with van der Waals surface area (Å²) in [5.41, 5.74) is 1.13. The first-order valence-electron chi connectivity index (χ1n) is 12.1. The molecule has 0 radical (unpaired) electrons. The maximum absolute atomic E-state index is 12.8. The summed E-state index contributed by atoms with van der Waals surface area (Å²) < 4.78 is 1.55. The van der Waals surface area contributed by atoms with Crippen LogP contribution in [0.3, 0.4) is 0 Å². The number of anilines is 1.